The molecule has 1 heterocycles. The number of carbonyl (C=O) groups is 1. The second-order valence-corrected chi connectivity index (χ2v) is 5.13. The molecular weight excluding hydrogens is 250 g/mol. The summed E-state index contributed by atoms with van der Waals surface area (Å²) in [5, 5.41) is 4.84. The molecule has 0 spiro atoms. The number of ketones is 1. The van der Waals surface area contributed by atoms with Crippen LogP contribution < -0.4 is 5.32 Å². The molecule has 18 heavy (non-hydrogen) atoms. The van der Waals surface area contributed by atoms with Crippen molar-refractivity contribution in [1.29, 1.82) is 0 Å². The van der Waals surface area contributed by atoms with Gasteiger partial charge in [-0.05, 0) is 37.1 Å². The van der Waals surface area contributed by atoms with E-state index in [1.165, 1.54) is 12.8 Å². The fraction of sp³-hybridized carbons (Fsp3) is 0.357. The monoisotopic (exact) mass is 263 g/mol. The fourth-order valence-electron chi connectivity index (χ4n) is 1.95. The first-order valence-electron chi connectivity index (χ1n) is 6.18. The van der Waals surface area contributed by atoms with Crippen LogP contribution >= 0.6 is 11.6 Å². The van der Waals surface area contributed by atoms with Gasteiger partial charge in [-0.15, -0.1) is 0 Å². The molecule has 4 heteroatoms. The number of hydrogen-bond acceptors (Lipinski definition) is 3. The van der Waals surface area contributed by atoms with Crippen molar-refractivity contribution in [3.05, 3.63) is 35.0 Å². The standard InChI is InChI=1S/C14H14ClNO2/c15-10-1-4-13-9(7-10)8-14(18-13)12(17)5-6-16-11-2-3-11/h1,4,7-8,11,16H,2-3,5-6H2. The number of Topliss-reactive ketones (excluding diaryl/α,β-unsaturated/α-hetero) is 1. The van der Waals surface area contributed by atoms with E-state index in [-0.39, 0.29) is 5.78 Å². The average Bonchev–Trinajstić information content (AvgIpc) is 3.06. The number of fused-ring (bicyclic) bond motifs is 1. The molecule has 2 aromatic rings. The van der Waals surface area contributed by atoms with E-state index in [0.717, 1.165) is 11.9 Å². The van der Waals surface area contributed by atoms with Crippen LogP contribution in [0.4, 0.5) is 0 Å². The quantitative estimate of drug-likeness (QED) is 0.841. The summed E-state index contributed by atoms with van der Waals surface area (Å²) in [5.41, 5.74) is 0.706. The summed E-state index contributed by atoms with van der Waals surface area (Å²) in [4.78, 5) is 11.9. The summed E-state index contributed by atoms with van der Waals surface area (Å²) in [6, 6.07) is 7.75. The Balaban J connectivity index is 1.70. The van der Waals surface area contributed by atoms with Gasteiger partial charge in [0.1, 0.15) is 5.58 Å². The van der Waals surface area contributed by atoms with Gasteiger partial charge in [0.05, 0.1) is 0 Å². The Hall–Kier alpha value is -1.32. The molecule has 0 unspecified atom stereocenters. The van der Waals surface area contributed by atoms with Crippen molar-refractivity contribution >= 4 is 28.4 Å². The van der Waals surface area contributed by atoms with Crippen molar-refractivity contribution in [2.45, 2.75) is 25.3 Å². The Morgan fingerprint density at radius 1 is 1.39 bits per heavy atom. The molecule has 1 aromatic carbocycles. The van der Waals surface area contributed by atoms with Gasteiger partial charge in [0, 0.05) is 29.4 Å². The second kappa shape index (κ2) is 4.75. The SMILES string of the molecule is O=C(CCNC1CC1)c1cc2cc(Cl)ccc2o1. The molecule has 1 fully saturated rings. The largest absolute Gasteiger partial charge is 0.453 e. The van der Waals surface area contributed by atoms with Crippen LogP contribution in [-0.2, 0) is 0 Å². The summed E-state index contributed by atoms with van der Waals surface area (Å²) in [6.07, 6.45) is 2.94. The van der Waals surface area contributed by atoms with Gasteiger partial charge in [-0.25, -0.2) is 0 Å². The van der Waals surface area contributed by atoms with Crippen LogP contribution in [0.5, 0.6) is 0 Å². The fourth-order valence-corrected chi connectivity index (χ4v) is 2.13. The average molecular weight is 264 g/mol. The Kier molecular flexibility index (Phi) is 3.10. The maximum atomic E-state index is 11.9. The lowest BCUT2D eigenvalue weighted by Gasteiger charge is -1.99. The molecular formula is C14H14ClNO2. The molecule has 3 rings (SSSR count). The molecule has 0 saturated heterocycles. The topological polar surface area (TPSA) is 42.2 Å². The van der Waals surface area contributed by atoms with Gasteiger partial charge >= 0.3 is 0 Å². The van der Waals surface area contributed by atoms with E-state index in [1.807, 2.05) is 0 Å². The van der Waals surface area contributed by atoms with Crippen LogP contribution in [0.3, 0.4) is 0 Å². The first-order chi connectivity index (χ1) is 8.72. The number of rotatable bonds is 5. The van der Waals surface area contributed by atoms with Crippen molar-refractivity contribution in [2.75, 3.05) is 6.54 Å². The summed E-state index contributed by atoms with van der Waals surface area (Å²) in [5.74, 6) is 0.459. The normalized spacial score (nSPS) is 15.2. The van der Waals surface area contributed by atoms with Crippen LogP contribution in [0.15, 0.2) is 28.7 Å². The predicted molar refractivity (Wildman–Crippen MR) is 71.2 cm³/mol. The molecule has 0 bridgehead atoms. The minimum atomic E-state index is 0.0375. The molecule has 0 radical (unpaired) electrons. The highest BCUT2D eigenvalue weighted by molar-refractivity contribution is 6.31. The van der Waals surface area contributed by atoms with Crippen LogP contribution in [0.25, 0.3) is 11.0 Å². The maximum Gasteiger partial charge on any atom is 0.199 e. The van der Waals surface area contributed by atoms with Crippen molar-refractivity contribution in [3.63, 3.8) is 0 Å². The lowest BCUT2D eigenvalue weighted by atomic mass is 10.2. The number of nitrogens with one attached hydrogen (secondary N) is 1. The van der Waals surface area contributed by atoms with Crippen molar-refractivity contribution in [2.24, 2.45) is 0 Å². The van der Waals surface area contributed by atoms with Crippen molar-refractivity contribution in [1.82, 2.24) is 5.32 Å². The molecule has 1 aliphatic carbocycles. The summed E-state index contributed by atoms with van der Waals surface area (Å²) >= 11 is 5.90. The highest BCUT2D eigenvalue weighted by atomic mass is 35.5. The molecule has 0 amide bonds. The molecule has 1 aliphatic rings. The second-order valence-electron chi connectivity index (χ2n) is 4.69. The van der Waals surface area contributed by atoms with Gasteiger partial charge in [-0.2, -0.15) is 0 Å². The number of furan rings is 1. The number of benzene rings is 1. The Morgan fingerprint density at radius 2 is 2.22 bits per heavy atom. The summed E-state index contributed by atoms with van der Waals surface area (Å²) in [6.45, 7) is 0.724. The number of carbonyl (C=O) groups excluding carboxylic acids is 1. The van der Waals surface area contributed by atoms with Gasteiger partial charge in [0.2, 0.25) is 0 Å². The van der Waals surface area contributed by atoms with E-state index in [2.05, 4.69) is 5.32 Å². The summed E-state index contributed by atoms with van der Waals surface area (Å²) < 4.78 is 5.52. The zero-order chi connectivity index (χ0) is 12.5. The Bertz CT molecular complexity index is 586. The van der Waals surface area contributed by atoms with Gasteiger partial charge in [-0.1, -0.05) is 11.6 Å². The molecule has 1 saturated carbocycles. The summed E-state index contributed by atoms with van der Waals surface area (Å²) in [7, 11) is 0. The van der Waals surface area contributed by atoms with Gasteiger partial charge < -0.3 is 9.73 Å². The third kappa shape index (κ3) is 2.57. The number of halogens is 1. The third-order valence-corrected chi connectivity index (χ3v) is 3.35. The van der Waals surface area contributed by atoms with E-state index in [9.17, 15) is 4.79 Å². The molecule has 0 aliphatic heterocycles. The van der Waals surface area contributed by atoms with Gasteiger partial charge in [0.25, 0.3) is 0 Å². The van der Waals surface area contributed by atoms with Crippen molar-refractivity contribution in [3.8, 4) is 0 Å². The van der Waals surface area contributed by atoms with Crippen LogP contribution in [0.1, 0.15) is 29.8 Å². The predicted octanol–water partition coefficient (Wildman–Crippen LogP) is 3.41. The highest BCUT2D eigenvalue weighted by Crippen LogP contribution is 2.24. The van der Waals surface area contributed by atoms with Gasteiger partial charge in [0.15, 0.2) is 11.5 Å². The maximum absolute atomic E-state index is 11.9. The van der Waals surface area contributed by atoms with E-state index in [1.54, 1.807) is 24.3 Å². The molecule has 94 valence electrons. The molecule has 3 nitrogen and oxygen atoms in total. The van der Waals surface area contributed by atoms with Gasteiger partial charge in [-0.3, -0.25) is 4.79 Å². The van der Waals surface area contributed by atoms with E-state index < -0.39 is 0 Å². The first kappa shape index (κ1) is 11.8. The van der Waals surface area contributed by atoms with E-state index in [0.29, 0.717) is 28.8 Å². The highest BCUT2D eigenvalue weighted by Gasteiger charge is 2.20. The number of hydrogen-bond donors (Lipinski definition) is 1. The van der Waals surface area contributed by atoms with Crippen LogP contribution in [-0.4, -0.2) is 18.4 Å². The third-order valence-electron chi connectivity index (χ3n) is 3.12. The Morgan fingerprint density at radius 3 is 3.00 bits per heavy atom. The van der Waals surface area contributed by atoms with E-state index in [4.69, 9.17) is 16.0 Å². The van der Waals surface area contributed by atoms with Crippen molar-refractivity contribution < 1.29 is 9.21 Å². The molecule has 0 atom stereocenters. The lowest BCUT2D eigenvalue weighted by molar-refractivity contribution is 0.0958. The van der Waals surface area contributed by atoms with Crippen LogP contribution in [0, 0.1) is 0 Å². The Labute approximate surface area is 110 Å². The minimum absolute atomic E-state index is 0.0375. The minimum Gasteiger partial charge on any atom is -0.453 e. The zero-order valence-electron chi connectivity index (χ0n) is 9.91. The zero-order valence-corrected chi connectivity index (χ0v) is 10.7. The smallest absolute Gasteiger partial charge is 0.199 e. The molecule has 1 N–H and O–H groups in total. The first-order valence-corrected chi connectivity index (χ1v) is 6.56. The molecule has 1 aromatic heterocycles. The van der Waals surface area contributed by atoms with E-state index >= 15 is 0 Å². The lowest BCUT2D eigenvalue weighted by Crippen LogP contribution is -2.20. The van der Waals surface area contributed by atoms with Crippen LogP contribution in [0.2, 0.25) is 5.02 Å².